The molecule has 0 saturated heterocycles. The van der Waals surface area contributed by atoms with Crippen LogP contribution in [0.5, 0.6) is 0 Å². The molecule has 0 aliphatic heterocycles. The van der Waals surface area contributed by atoms with Gasteiger partial charge in [0, 0.05) is 18.6 Å². The fourth-order valence-electron chi connectivity index (χ4n) is 2.39. The second kappa shape index (κ2) is 5.13. The van der Waals surface area contributed by atoms with Crippen molar-refractivity contribution in [1.82, 2.24) is 4.90 Å². The third-order valence-corrected chi connectivity index (χ3v) is 3.79. The Morgan fingerprint density at radius 2 is 2.00 bits per heavy atom. The molecule has 14 heavy (non-hydrogen) atoms. The highest BCUT2D eigenvalue weighted by Gasteiger charge is 2.34. The van der Waals surface area contributed by atoms with Crippen LogP contribution in [0.3, 0.4) is 0 Å². The van der Waals surface area contributed by atoms with Gasteiger partial charge in [-0.25, -0.2) is 0 Å². The molecule has 0 aromatic rings. The summed E-state index contributed by atoms with van der Waals surface area (Å²) in [5.74, 6) is 0.967. The topological polar surface area (TPSA) is 29.3 Å². The molecule has 1 fully saturated rings. The largest absolute Gasteiger partial charge is 0.329 e. The molecule has 1 rings (SSSR count). The van der Waals surface area contributed by atoms with E-state index in [0.29, 0.717) is 0 Å². The van der Waals surface area contributed by atoms with E-state index in [0.717, 1.165) is 12.5 Å². The molecule has 0 heterocycles. The first-order valence-electron chi connectivity index (χ1n) is 6.09. The molecule has 1 unspecified atom stereocenters. The Hall–Kier alpha value is -0.0800. The van der Waals surface area contributed by atoms with E-state index in [1.807, 2.05) is 0 Å². The Bertz CT molecular complexity index is 160. The molecule has 0 aromatic carbocycles. The fraction of sp³-hybridized carbons (Fsp3) is 1.00. The summed E-state index contributed by atoms with van der Waals surface area (Å²) in [6.07, 6.45) is 6.52. The number of nitrogens with zero attached hydrogens (tertiary/aromatic N) is 1. The second-order valence-corrected chi connectivity index (χ2v) is 4.86. The molecule has 84 valence electrons. The van der Waals surface area contributed by atoms with E-state index in [2.05, 4.69) is 25.8 Å². The number of rotatable bonds is 7. The Morgan fingerprint density at radius 3 is 2.36 bits per heavy atom. The Morgan fingerprint density at radius 1 is 1.36 bits per heavy atom. The summed E-state index contributed by atoms with van der Waals surface area (Å²) in [7, 11) is 2.25. The Balaban J connectivity index is 2.52. The van der Waals surface area contributed by atoms with Gasteiger partial charge in [-0.1, -0.05) is 20.3 Å². The SMILES string of the molecule is CCCC(CC)(CN)N(C)CC1CC1. The number of hydrogen-bond donors (Lipinski definition) is 1. The number of nitrogens with two attached hydrogens (primary N) is 1. The smallest absolute Gasteiger partial charge is 0.0326 e. The van der Waals surface area contributed by atoms with Crippen molar-refractivity contribution in [1.29, 1.82) is 0 Å². The lowest BCUT2D eigenvalue weighted by Crippen LogP contribution is -2.52. The van der Waals surface area contributed by atoms with Crippen LogP contribution < -0.4 is 5.73 Å². The first kappa shape index (κ1) is 12.0. The molecular formula is C12H26N2. The molecule has 0 aromatic heterocycles. The molecule has 0 bridgehead atoms. The zero-order valence-electron chi connectivity index (χ0n) is 10.1. The van der Waals surface area contributed by atoms with Crippen LogP contribution in [0.15, 0.2) is 0 Å². The maximum Gasteiger partial charge on any atom is 0.0326 e. The number of hydrogen-bond acceptors (Lipinski definition) is 2. The summed E-state index contributed by atoms with van der Waals surface area (Å²) in [5, 5.41) is 0. The van der Waals surface area contributed by atoms with Crippen LogP contribution >= 0.6 is 0 Å². The zero-order valence-corrected chi connectivity index (χ0v) is 10.1. The number of likely N-dealkylation sites (N-methyl/N-ethyl adjacent to an activating group) is 1. The first-order valence-corrected chi connectivity index (χ1v) is 6.09. The van der Waals surface area contributed by atoms with Gasteiger partial charge in [-0.05, 0) is 38.6 Å². The average molecular weight is 198 g/mol. The predicted molar refractivity (Wildman–Crippen MR) is 62.3 cm³/mol. The van der Waals surface area contributed by atoms with Crippen molar-refractivity contribution in [2.45, 2.75) is 51.5 Å². The Labute approximate surface area is 88.8 Å². The third kappa shape index (κ3) is 2.71. The van der Waals surface area contributed by atoms with Crippen molar-refractivity contribution in [2.75, 3.05) is 20.1 Å². The molecule has 1 saturated carbocycles. The van der Waals surface area contributed by atoms with Gasteiger partial charge < -0.3 is 5.73 Å². The van der Waals surface area contributed by atoms with Crippen molar-refractivity contribution in [3.63, 3.8) is 0 Å². The lowest BCUT2D eigenvalue weighted by atomic mass is 9.88. The van der Waals surface area contributed by atoms with Gasteiger partial charge in [0.25, 0.3) is 0 Å². The van der Waals surface area contributed by atoms with Crippen molar-refractivity contribution >= 4 is 0 Å². The molecule has 1 aliphatic rings. The van der Waals surface area contributed by atoms with E-state index in [9.17, 15) is 0 Å². The highest BCUT2D eigenvalue weighted by atomic mass is 15.2. The van der Waals surface area contributed by atoms with Gasteiger partial charge in [0.15, 0.2) is 0 Å². The lowest BCUT2D eigenvalue weighted by molar-refractivity contribution is 0.104. The van der Waals surface area contributed by atoms with E-state index in [1.54, 1.807) is 0 Å². The van der Waals surface area contributed by atoms with E-state index >= 15 is 0 Å². The zero-order chi connectivity index (χ0) is 10.6. The summed E-state index contributed by atoms with van der Waals surface area (Å²) < 4.78 is 0. The summed E-state index contributed by atoms with van der Waals surface area (Å²) in [4.78, 5) is 2.52. The minimum absolute atomic E-state index is 0.275. The first-order chi connectivity index (χ1) is 6.68. The molecule has 2 N–H and O–H groups in total. The van der Waals surface area contributed by atoms with E-state index < -0.39 is 0 Å². The molecule has 0 radical (unpaired) electrons. The van der Waals surface area contributed by atoms with Gasteiger partial charge in [0.05, 0.1) is 0 Å². The van der Waals surface area contributed by atoms with Gasteiger partial charge in [0.1, 0.15) is 0 Å². The van der Waals surface area contributed by atoms with Crippen LogP contribution in [0, 0.1) is 5.92 Å². The lowest BCUT2D eigenvalue weighted by Gasteiger charge is -2.41. The van der Waals surface area contributed by atoms with Crippen LogP contribution in [0.25, 0.3) is 0 Å². The van der Waals surface area contributed by atoms with Crippen molar-refractivity contribution in [3.8, 4) is 0 Å². The molecule has 2 heteroatoms. The molecule has 1 atom stereocenters. The third-order valence-electron chi connectivity index (χ3n) is 3.79. The minimum atomic E-state index is 0.275. The molecular weight excluding hydrogens is 172 g/mol. The summed E-state index contributed by atoms with van der Waals surface area (Å²) in [6.45, 7) is 6.59. The Kier molecular flexibility index (Phi) is 4.39. The van der Waals surface area contributed by atoms with Crippen LogP contribution in [0.4, 0.5) is 0 Å². The van der Waals surface area contributed by atoms with Gasteiger partial charge in [-0.2, -0.15) is 0 Å². The minimum Gasteiger partial charge on any atom is -0.329 e. The second-order valence-electron chi connectivity index (χ2n) is 4.86. The van der Waals surface area contributed by atoms with Crippen LogP contribution in [0.2, 0.25) is 0 Å². The van der Waals surface area contributed by atoms with E-state index in [-0.39, 0.29) is 5.54 Å². The summed E-state index contributed by atoms with van der Waals surface area (Å²) in [5.41, 5.74) is 6.23. The van der Waals surface area contributed by atoms with Gasteiger partial charge in [-0.15, -0.1) is 0 Å². The maximum atomic E-state index is 5.96. The van der Waals surface area contributed by atoms with Crippen LogP contribution in [-0.4, -0.2) is 30.6 Å². The summed E-state index contributed by atoms with van der Waals surface area (Å²) in [6, 6.07) is 0. The van der Waals surface area contributed by atoms with Crippen molar-refractivity contribution in [3.05, 3.63) is 0 Å². The van der Waals surface area contributed by atoms with Crippen molar-refractivity contribution < 1.29 is 0 Å². The molecule has 1 aliphatic carbocycles. The highest BCUT2D eigenvalue weighted by Crippen LogP contribution is 2.33. The van der Waals surface area contributed by atoms with Crippen LogP contribution in [-0.2, 0) is 0 Å². The van der Waals surface area contributed by atoms with E-state index in [4.69, 9.17) is 5.73 Å². The summed E-state index contributed by atoms with van der Waals surface area (Å²) >= 11 is 0. The molecule has 2 nitrogen and oxygen atoms in total. The quantitative estimate of drug-likeness (QED) is 0.680. The average Bonchev–Trinajstić information content (AvgIpc) is 2.98. The van der Waals surface area contributed by atoms with Gasteiger partial charge in [0.2, 0.25) is 0 Å². The van der Waals surface area contributed by atoms with E-state index in [1.165, 1.54) is 38.6 Å². The van der Waals surface area contributed by atoms with Crippen molar-refractivity contribution in [2.24, 2.45) is 11.7 Å². The molecule has 0 spiro atoms. The normalized spacial score (nSPS) is 21.2. The predicted octanol–water partition coefficient (Wildman–Crippen LogP) is 2.24. The van der Waals surface area contributed by atoms with Gasteiger partial charge >= 0.3 is 0 Å². The maximum absolute atomic E-state index is 5.96. The molecule has 0 amide bonds. The van der Waals surface area contributed by atoms with Crippen LogP contribution in [0.1, 0.15) is 46.0 Å². The van der Waals surface area contributed by atoms with Gasteiger partial charge in [-0.3, -0.25) is 4.90 Å². The fourth-order valence-corrected chi connectivity index (χ4v) is 2.39. The standard InChI is InChI=1S/C12H26N2/c1-4-8-12(5-2,10-13)14(3)9-11-6-7-11/h11H,4-10,13H2,1-3H3. The monoisotopic (exact) mass is 198 g/mol. The highest BCUT2D eigenvalue weighted by molar-refractivity contribution is 4.91.